The lowest BCUT2D eigenvalue weighted by molar-refractivity contribution is -0.137. The van der Waals surface area contributed by atoms with Crippen LogP contribution in [0.25, 0.3) is 0 Å². The smallest absolute Gasteiger partial charge is 0.303 e. The number of carboxylic acids is 1. The van der Waals surface area contributed by atoms with Gasteiger partial charge in [0, 0.05) is 13.0 Å². The molecule has 0 aliphatic rings. The Kier molecular flexibility index (Phi) is 5.52. The molecule has 0 fully saturated rings. The Morgan fingerprint density at radius 3 is 2.30 bits per heavy atom. The van der Waals surface area contributed by atoms with Crippen molar-refractivity contribution in [2.45, 2.75) is 31.6 Å². The standard InChI is InChI=1S/C13H19NO5S/c1-9-7-11(19-3)8-10(2)13(9)20(17,18)14-6-4-5-12(15)16/h7-8,14H,4-6H2,1-3H3,(H,15,16). The van der Waals surface area contributed by atoms with E-state index in [0.29, 0.717) is 16.9 Å². The van der Waals surface area contributed by atoms with Gasteiger partial charge in [-0.2, -0.15) is 0 Å². The fourth-order valence-electron chi connectivity index (χ4n) is 1.97. The molecule has 0 unspecified atom stereocenters. The van der Waals surface area contributed by atoms with Crippen molar-refractivity contribution >= 4 is 16.0 Å². The number of carboxylic acid groups (broad SMARTS) is 1. The van der Waals surface area contributed by atoms with Crippen LogP contribution in [0.4, 0.5) is 0 Å². The summed E-state index contributed by atoms with van der Waals surface area (Å²) in [5, 5.41) is 8.51. The van der Waals surface area contributed by atoms with Crippen molar-refractivity contribution < 1.29 is 23.1 Å². The monoisotopic (exact) mass is 301 g/mol. The molecule has 0 radical (unpaired) electrons. The Morgan fingerprint density at radius 1 is 1.30 bits per heavy atom. The second-order valence-electron chi connectivity index (χ2n) is 4.49. The lowest BCUT2D eigenvalue weighted by atomic mass is 10.1. The molecule has 0 heterocycles. The molecule has 0 bridgehead atoms. The van der Waals surface area contributed by atoms with Gasteiger partial charge in [0.05, 0.1) is 12.0 Å². The number of methoxy groups -OCH3 is 1. The summed E-state index contributed by atoms with van der Waals surface area (Å²) in [7, 11) is -2.12. The SMILES string of the molecule is COc1cc(C)c(S(=O)(=O)NCCCC(=O)O)c(C)c1. The van der Waals surface area contributed by atoms with E-state index in [9.17, 15) is 13.2 Å². The van der Waals surface area contributed by atoms with E-state index in [2.05, 4.69) is 4.72 Å². The highest BCUT2D eigenvalue weighted by Crippen LogP contribution is 2.25. The molecule has 6 nitrogen and oxygen atoms in total. The summed E-state index contributed by atoms with van der Waals surface area (Å²) in [6.07, 6.45) is 0.186. The summed E-state index contributed by atoms with van der Waals surface area (Å²) >= 11 is 0. The van der Waals surface area contributed by atoms with Gasteiger partial charge in [0.2, 0.25) is 10.0 Å². The van der Waals surface area contributed by atoms with E-state index in [0.717, 1.165) is 0 Å². The van der Waals surface area contributed by atoms with Crippen LogP contribution < -0.4 is 9.46 Å². The first-order valence-corrected chi connectivity index (χ1v) is 7.63. The third-order valence-electron chi connectivity index (χ3n) is 2.80. The van der Waals surface area contributed by atoms with Gasteiger partial charge in [0.1, 0.15) is 5.75 Å². The Bertz CT molecular complexity index is 572. The van der Waals surface area contributed by atoms with E-state index in [1.54, 1.807) is 26.0 Å². The maximum Gasteiger partial charge on any atom is 0.303 e. The minimum Gasteiger partial charge on any atom is -0.497 e. The molecule has 0 saturated heterocycles. The number of aliphatic carboxylic acids is 1. The maximum atomic E-state index is 12.2. The molecule has 2 N–H and O–H groups in total. The number of hydrogen-bond acceptors (Lipinski definition) is 4. The van der Waals surface area contributed by atoms with Gasteiger partial charge in [-0.3, -0.25) is 4.79 Å². The van der Waals surface area contributed by atoms with Crippen molar-refractivity contribution in [2.24, 2.45) is 0 Å². The van der Waals surface area contributed by atoms with Gasteiger partial charge in [-0.1, -0.05) is 0 Å². The predicted octanol–water partition coefficient (Wildman–Crippen LogP) is 1.46. The van der Waals surface area contributed by atoms with Crippen molar-refractivity contribution in [1.82, 2.24) is 4.72 Å². The third-order valence-corrected chi connectivity index (χ3v) is 4.56. The Balaban J connectivity index is 2.90. The van der Waals surface area contributed by atoms with Crippen molar-refractivity contribution in [3.63, 3.8) is 0 Å². The average molecular weight is 301 g/mol. The Labute approximate surface area is 118 Å². The molecule has 1 aromatic carbocycles. The van der Waals surface area contributed by atoms with Crippen LogP contribution in [0.1, 0.15) is 24.0 Å². The third kappa shape index (κ3) is 4.21. The summed E-state index contributed by atoms with van der Waals surface area (Å²) in [4.78, 5) is 10.6. The predicted molar refractivity (Wildman–Crippen MR) is 74.5 cm³/mol. The molecule has 112 valence electrons. The summed E-state index contributed by atoms with van der Waals surface area (Å²) in [5.41, 5.74) is 1.18. The van der Waals surface area contributed by atoms with Crippen molar-refractivity contribution in [3.8, 4) is 5.75 Å². The second kappa shape index (κ2) is 6.71. The number of carbonyl (C=O) groups is 1. The topological polar surface area (TPSA) is 92.7 Å². The number of nitrogens with one attached hydrogen (secondary N) is 1. The highest BCUT2D eigenvalue weighted by atomic mass is 32.2. The molecule has 0 spiro atoms. The first-order chi connectivity index (χ1) is 9.27. The molecule has 1 aromatic rings. The van der Waals surface area contributed by atoms with Crippen LogP contribution in [-0.4, -0.2) is 33.1 Å². The number of sulfonamides is 1. The van der Waals surface area contributed by atoms with Crippen molar-refractivity contribution in [3.05, 3.63) is 23.3 Å². The van der Waals surface area contributed by atoms with Gasteiger partial charge in [-0.15, -0.1) is 0 Å². The van der Waals surface area contributed by atoms with Crippen LogP contribution in [-0.2, 0) is 14.8 Å². The van der Waals surface area contributed by atoms with E-state index >= 15 is 0 Å². The van der Waals surface area contributed by atoms with E-state index in [4.69, 9.17) is 9.84 Å². The van der Waals surface area contributed by atoms with Gasteiger partial charge in [0.25, 0.3) is 0 Å². The summed E-state index contributed by atoms with van der Waals surface area (Å²) in [6.45, 7) is 3.49. The second-order valence-corrected chi connectivity index (χ2v) is 6.19. The number of ether oxygens (including phenoxy) is 1. The largest absolute Gasteiger partial charge is 0.497 e. The van der Waals surface area contributed by atoms with E-state index in [1.165, 1.54) is 7.11 Å². The zero-order valence-corrected chi connectivity index (χ0v) is 12.6. The van der Waals surface area contributed by atoms with Crippen molar-refractivity contribution in [1.29, 1.82) is 0 Å². The van der Waals surface area contributed by atoms with Crippen molar-refractivity contribution in [2.75, 3.05) is 13.7 Å². The average Bonchev–Trinajstić information content (AvgIpc) is 2.33. The van der Waals surface area contributed by atoms with Gasteiger partial charge >= 0.3 is 5.97 Å². The fraction of sp³-hybridized carbons (Fsp3) is 0.462. The summed E-state index contributed by atoms with van der Waals surface area (Å²) < 4.78 is 31.9. The van der Waals surface area contributed by atoms with Gasteiger partial charge in [0.15, 0.2) is 0 Å². The molecular weight excluding hydrogens is 282 g/mol. The maximum absolute atomic E-state index is 12.2. The summed E-state index contributed by atoms with van der Waals surface area (Å²) in [5.74, 6) is -0.342. The molecule has 1 rings (SSSR count). The highest BCUT2D eigenvalue weighted by Gasteiger charge is 2.20. The minimum absolute atomic E-state index is 0.0664. The molecule has 0 aliphatic carbocycles. The van der Waals surface area contributed by atoms with Gasteiger partial charge < -0.3 is 9.84 Å². The lowest BCUT2D eigenvalue weighted by Crippen LogP contribution is -2.26. The lowest BCUT2D eigenvalue weighted by Gasteiger charge is -2.13. The molecule has 0 atom stereocenters. The van der Waals surface area contributed by atoms with Crippen LogP contribution in [0.5, 0.6) is 5.75 Å². The van der Waals surface area contributed by atoms with Crippen LogP contribution in [0.2, 0.25) is 0 Å². The highest BCUT2D eigenvalue weighted by molar-refractivity contribution is 7.89. The van der Waals surface area contributed by atoms with Crippen LogP contribution in [0.3, 0.4) is 0 Å². The number of hydrogen-bond donors (Lipinski definition) is 2. The number of rotatable bonds is 7. The molecular formula is C13H19NO5S. The number of aryl methyl sites for hydroxylation is 2. The van der Waals surface area contributed by atoms with E-state index in [1.807, 2.05) is 0 Å². The molecule has 7 heteroatoms. The molecule has 0 amide bonds. The van der Waals surface area contributed by atoms with Crippen LogP contribution in [0, 0.1) is 13.8 Å². The van der Waals surface area contributed by atoms with E-state index in [-0.39, 0.29) is 24.3 Å². The van der Waals surface area contributed by atoms with E-state index < -0.39 is 16.0 Å². The first kappa shape index (κ1) is 16.5. The molecule has 20 heavy (non-hydrogen) atoms. The zero-order chi connectivity index (χ0) is 15.3. The van der Waals surface area contributed by atoms with Crippen LogP contribution >= 0.6 is 0 Å². The Morgan fingerprint density at radius 2 is 1.85 bits per heavy atom. The van der Waals surface area contributed by atoms with Gasteiger partial charge in [-0.25, -0.2) is 13.1 Å². The number of benzene rings is 1. The molecule has 0 aliphatic heterocycles. The molecule has 0 saturated carbocycles. The quantitative estimate of drug-likeness (QED) is 0.744. The zero-order valence-electron chi connectivity index (χ0n) is 11.8. The van der Waals surface area contributed by atoms with Gasteiger partial charge in [-0.05, 0) is 43.5 Å². The first-order valence-electron chi connectivity index (χ1n) is 6.14. The minimum atomic E-state index is -3.64. The fourth-order valence-corrected chi connectivity index (χ4v) is 3.49. The summed E-state index contributed by atoms with van der Waals surface area (Å²) in [6, 6.07) is 3.30. The Hall–Kier alpha value is -1.60. The normalized spacial score (nSPS) is 11.3. The molecule has 0 aromatic heterocycles. The van der Waals surface area contributed by atoms with Crippen LogP contribution in [0.15, 0.2) is 17.0 Å².